The molecule has 0 bridgehead atoms. The summed E-state index contributed by atoms with van der Waals surface area (Å²) in [6.45, 7) is 1.95. The van der Waals surface area contributed by atoms with Gasteiger partial charge in [-0.2, -0.15) is 0 Å². The maximum atomic E-state index is 12.5. The number of carbonyl (C=O) groups excluding carboxylic acids is 1. The van der Waals surface area contributed by atoms with Gasteiger partial charge in [0.05, 0.1) is 21.3 Å². The summed E-state index contributed by atoms with van der Waals surface area (Å²) in [7, 11) is 4.65. The van der Waals surface area contributed by atoms with Crippen molar-refractivity contribution in [1.29, 1.82) is 0 Å². The molecule has 0 radical (unpaired) electrons. The normalized spacial score (nSPS) is 10.7. The highest BCUT2D eigenvalue weighted by Crippen LogP contribution is 2.41. The third-order valence-electron chi connectivity index (χ3n) is 4.84. The number of oxazole rings is 1. The molecule has 158 valence electrons. The Balaban J connectivity index is 1.66. The Morgan fingerprint density at radius 1 is 0.935 bits per heavy atom. The molecule has 0 unspecified atom stereocenters. The van der Waals surface area contributed by atoms with Crippen LogP contribution in [0.1, 0.15) is 15.9 Å². The molecule has 1 amide bonds. The first-order valence-electron chi connectivity index (χ1n) is 9.61. The van der Waals surface area contributed by atoms with E-state index in [0.717, 1.165) is 5.56 Å². The van der Waals surface area contributed by atoms with E-state index in [2.05, 4.69) is 10.3 Å². The van der Waals surface area contributed by atoms with Gasteiger partial charge in [-0.05, 0) is 49.4 Å². The number of hydrogen-bond acceptors (Lipinski definition) is 6. The van der Waals surface area contributed by atoms with Crippen LogP contribution in [-0.4, -0.2) is 32.2 Å². The summed E-state index contributed by atoms with van der Waals surface area (Å²) in [5.41, 5.74) is 4.14. The van der Waals surface area contributed by atoms with Gasteiger partial charge in [-0.3, -0.25) is 4.79 Å². The lowest BCUT2D eigenvalue weighted by Crippen LogP contribution is -2.11. The predicted octanol–water partition coefficient (Wildman–Crippen LogP) is 5.08. The molecule has 0 fully saturated rings. The van der Waals surface area contributed by atoms with Crippen molar-refractivity contribution in [3.63, 3.8) is 0 Å². The summed E-state index contributed by atoms with van der Waals surface area (Å²) < 4.78 is 22.1. The lowest BCUT2D eigenvalue weighted by Gasteiger charge is -2.12. The third kappa shape index (κ3) is 4.02. The van der Waals surface area contributed by atoms with Gasteiger partial charge < -0.3 is 23.9 Å². The van der Waals surface area contributed by atoms with Crippen LogP contribution in [0.3, 0.4) is 0 Å². The van der Waals surface area contributed by atoms with E-state index in [9.17, 15) is 4.79 Å². The number of aromatic nitrogens is 1. The lowest BCUT2D eigenvalue weighted by atomic mass is 10.1. The van der Waals surface area contributed by atoms with Crippen LogP contribution in [0.2, 0.25) is 0 Å². The van der Waals surface area contributed by atoms with Gasteiger partial charge in [0.25, 0.3) is 5.91 Å². The molecule has 0 spiro atoms. The second-order valence-corrected chi connectivity index (χ2v) is 6.94. The summed E-state index contributed by atoms with van der Waals surface area (Å²) in [5, 5.41) is 2.90. The number of benzene rings is 3. The first-order valence-corrected chi connectivity index (χ1v) is 9.61. The maximum Gasteiger partial charge on any atom is 0.255 e. The summed E-state index contributed by atoms with van der Waals surface area (Å²) in [6, 6.07) is 16.3. The van der Waals surface area contributed by atoms with Crippen LogP contribution in [0, 0.1) is 6.92 Å². The molecule has 31 heavy (non-hydrogen) atoms. The topological polar surface area (TPSA) is 82.8 Å². The van der Waals surface area contributed by atoms with Crippen molar-refractivity contribution >= 4 is 22.7 Å². The van der Waals surface area contributed by atoms with Crippen molar-refractivity contribution in [3.05, 3.63) is 65.7 Å². The van der Waals surface area contributed by atoms with Crippen LogP contribution in [0.25, 0.3) is 22.6 Å². The quantitative estimate of drug-likeness (QED) is 0.470. The van der Waals surface area contributed by atoms with E-state index >= 15 is 0 Å². The van der Waals surface area contributed by atoms with E-state index in [1.165, 1.54) is 0 Å². The predicted molar refractivity (Wildman–Crippen MR) is 118 cm³/mol. The number of ether oxygens (including phenoxy) is 3. The number of nitrogens with zero attached hydrogens (tertiary/aromatic N) is 1. The van der Waals surface area contributed by atoms with E-state index in [1.807, 2.05) is 25.1 Å². The lowest BCUT2D eigenvalue weighted by molar-refractivity contribution is 0.102. The van der Waals surface area contributed by atoms with Gasteiger partial charge in [0.2, 0.25) is 11.6 Å². The molecular weight excluding hydrogens is 396 g/mol. The molecule has 0 saturated heterocycles. The highest BCUT2D eigenvalue weighted by Gasteiger charge is 2.17. The summed E-state index contributed by atoms with van der Waals surface area (Å²) in [5.74, 6) is 1.72. The zero-order valence-electron chi connectivity index (χ0n) is 17.7. The molecule has 3 aromatic carbocycles. The number of amides is 1. The number of carbonyl (C=O) groups is 1. The molecule has 0 aliphatic carbocycles. The standard InChI is InChI=1S/C24H22N2O5/c1-14-6-5-7-15(10-14)23(27)25-17-8-9-19-18(13-17)26-24(31-19)16-11-20(28-2)22(30-4)21(12-16)29-3/h5-13H,1-4H3,(H,25,27). The molecule has 4 rings (SSSR count). The number of rotatable bonds is 6. The fraction of sp³-hybridized carbons (Fsp3) is 0.167. The molecule has 7 nitrogen and oxygen atoms in total. The van der Waals surface area contributed by atoms with Gasteiger partial charge in [-0.25, -0.2) is 4.98 Å². The zero-order chi connectivity index (χ0) is 22.0. The number of nitrogens with one attached hydrogen (secondary N) is 1. The average molecular weight is 418 g/mol. The van der Waals surface area contributed by atoms with Gasteiger partial charge in [0.15, 0.2) is 17.1 Å². The molecule has 0 aliphatic rings. The van der Waals surface area contributed by atoms with Crippen molar-refractivity contribution in [2.24, 2.45) is 0 Å². The minimum absolute atomic E-state index is 0.184. The molecule has 4 aromatic rings. The molecule has 1 heterocycles. The van der Waals surface area contributed by atoms with Crippen molar-refractivity contribution in [1.82, 2.24) is 4.98 Å². The highest BCUT2D eigenvalue weighted by molar-refractivity contribution is 6.05. The van der Waals surface area contributed by atoms with Gasteiger partial charge >= 0.3 is 0 Å². The van der Waals surface area contributed by atoms with E-state index in [4.69, 9.17) is 18.6 Å². The monoisotopic (exact) mass is 418 g/mol. The molecule has 0 saturated carbocycles. The highest BCUT2D eigenvalue weighted by atomic mass is 16.5. The average Bonchev–Trinajstić information content (AvgIpc) is 3.21. The van der Waals surface area contributed by atoms with Crippen molar-refractivity contribution in [2.75, 3.05) is 26.6 Å². The number of aryl methyl sites for hydroxylation is 1. The Hall–Kier alpha value is -4.00. The number of methoxy groups -OCH3 is 3. The Kier molecular flexibility index (Phi) is 5.49. The SMILES string of the molecule is COc1cc(-c2nc3cc(NC(=O)c4cccc(C)c4)ccc3o2)cc(OC)c1OC. The molecule has 0 atom stereocenters. The Bertz CT molecular complexity index is 1240. The van der Waals surface area contributed by atoms with E-state index in [0.29, 0.717) is 51.1 Å². The number of anilines is 1. The van der Waals surface area contributed by atoms with E-state index < -0.39 is 0 Å². The van der Waals surface area contributed by atoms with Crippen LogP contribution >= 0.6 is 0 Å². The molecule has 7 heteroatoms. The fourth-order valence-corrected chi connectivity index (χ4v) is 3.32. The molecular formula is C24H22N2O5. The Morgan fingerprint density at radius 2 is 1.68 bits per heavy atom. The van der Waals surface area contributed by atoms with E-state index in [-0.39, 0.29) is 5.91 Å². The molecule has 1 aromatic heterocycles. The summed E-state index contributed by atoms with van der Waals surface area (Å²) in [6.07, 6.45) is 0. The van der Waals surface area contributed by atoms with Gasteiger partial charge in [-0.15, -0.1) is 0 Å². The molecule has 1 N–H and O–H groups in total. The largest absolute Gasteiger partial charge is 0.493 e. The van der Waals surface area contributed by atoms with Crippen LogP contribution < -0.4 is 19.5 Å². The number of hydrogen-bond donors (Lipinski definition) is 1. The van der Waals surface area contributed by atoms with Gasteiger partial charge in [-0.1, -0.05) is 17.7 Å². The van der Waals surface area contributed by atoms with Crippen LogP contribution in [0.5, 0.6) is 17.2 Å². The minimum atomic E-state index is -0.184. The Labute approximate surface area is 179 Å². The minimum Gasteiger partial charge on any atom is -0.493 e. The van der Waals surface area contributed by atoms with Crippen molar-refractivity contribution in [2.45, 2.75) is 6.92 Å². The zero-order valence-corrected chi connectivity index (χ0v) is 17.7. The van der Waals surface area contributed by atoms with Crippen LogP contribution in [0.15, 0.2) is 59.0 Å². The second-order valence-electron chi connectivity index (χ2n) is 6.94. The fourth-order valence-electron chi connectivity index (χ4n) is 3.32. The first-order chi connectivity index (χ1) is 15.0. The summed E-state index contributed by atoms with van der Waals surface area (Å²) >= 11 is 0. The second kappa shape index (κ2) is 8.39. The van der Waals surface area contributed by atoms with Gasteiger partial charge in [0.1, 0.15) is 5.52 Å². The van der Waals surface area contributed by atoms with E-state index in [1.54, 1.807) is 57.7 Å². The van der Waals surface area contributed by atoms with Gasteiger partial charge in [0, 0.05) is 16.8 Å². The number of fused-ring (bicyclic) bond motifs is 1. The summed E-state index contributed by atoms with van der Waals surface area (Å²) in [4.78, 5) is 17.1. The third-order valence-corrected chi connectivity index (χ3v) is 4.84. The Morgan fingerprint density at radius 3 is 2.32 bits per heavy atom. The van der Waals surface area contributed by atoms with Crippen molar-refractivity contribution < 1.29 is 23.4 Å². The smallest absolute Gasteiger partial charge is 0.255 e. The van der Waals surface area contributed by atoms with Crippen LogP contribution in [0.4, 0.5) is 5.69 Å². The maximum absolute atomic E-state index is 12.5. The first kappa shape index (κ1) is 20.3. The van der Waals surface area contributed by atoms with Crippen molar-refractivity contribution in [3.8, 4) is 28.7 Å². The molecule has 0 aliphatic heterocycles. The van der Waals surface area contributed by atoms with Crippen LogP contribution in [-0.2, 0) is 0 Å².